The van der Waals surface area contributed by atoms with Gasteiger partial charge >= 0.3 is 0 Å². The molecule has 1 aromatic heterocycles. The number of benzene rings is 1. The van der Waals surface area contributed by atoms with E-state index in [2.05, 4.69) is 59.0 Å². The summed E-state index contributed by atoms with van der Waals surface area (Å²) in [5.74, 6) is 1.37. The van der Waals surface area contributed by atoms with Crippen molar-refractivity contribution in [3.8, 4) is 5.75 Å². The average molecular weight is 387 g/mol. The lowest BCUT2D eigenvalue weighted by molar-refractivity contribution is 0.0494. The number of aromatic amines is 1. The molecule has 1 fully saturated rings. The first kappa shape index (κ1) is 20.8. The van der Waals surface area contributed by atoms with E-state index in [1.807, 2.05) is 6.07 Å². The Kier molecular flexibility index (Phi) is 7.10. The molecular weight excluding hydrogens is 352 g/mol. The van der Waals surface area contributed by atoms with E-state index in [1.54, 1.807) is 7.11 Å². The summed E-state index contributed by atoms with van der Waals surface area (Å²) in [6, 6.07) is 8.93. The van der Waals surface area contributed by atoms with Crippen LogP contribution >= 0.6 is 0 Å². The maximum atomic E-state index is 9.58. The number of aryl methyl sites for hydroxylation is 1. The third kappa shape index (κ3) is 5.13. The summed E-state index contributed by atoms with van der Waals surface area (Å²) in [7, 11) is 1.71. The van der Waals surface area contributed by atoms with Crippen molar-refractivity contribution in [2.24, 2.45) is 0 Å². The van der Waals surface area contributed by atoms with E-state index in [1.165, 1.54) is 11.3 Å². The van der Waals surface area contributed by atoms with Gasteiger partial charge in [-0.3, -0.25) is 14.9 Å². The molecule has 6 heteroatoms. The van der Waals surface area contributed by atoms with Crippen LogP contribution in [-0.4, -0.2) is 64.5 Å². The Morgan fingerprint density at radius 3 is 2.71 bits per heavy atom. The topological polar surface area (TPSA) is 64.6 Å². The molecule has 2 heterocycles. The van der Waals surface area contributed by atoms with Crippen molar-refractivity contribution in [3.05, 3.63) is 46.8 Å². The molecular formula is C22H34N4O2. The van der Waals surface area contributed by atoms with Gasteiger partial charge < -0.3 is 9.84 Å². The molecule has 0 saturated carbocycles. The van der Waals surface area contributed by atoms with Crippen LogP contribution < -0.4 is 4.74 Å². The maximum absolute atomic E-state index is 9.58. The molecule has 1 aromatic carbocycles. The summed E-state index contributed by atoms with van der Waals surface area (Å²) in [5.41, 5.74) is 4.75. The minimum atomic E-state index is 0.220. The van der Waals surface area contributed by atoms with Gasteiger partial charge in [0.15, 0.2) is 0 Å². The number of hydrogen-bond donors (Lipinski definition) is 2. The predicted molar refractivity (Wildman–Crippen MR) is 112 cm³/mol. The maximum Gasteiger partial charge on any atom is 0.121 e. The normalized spacial score (nSPS) is 18.7. The summed E-state index contributed by atoms with van der Waals surface area (Å²) in [6.45, 7) is 11.4. The van der Waals surface area contributed by atoms with Crippen molar-refractivity contribution in [2.75, 3.05) is 33.4 Å². The second-order valence-corrected chi connectivity index (χ2v) is 8.15. The molecule has 6 nitrogen and oxygen atoms in total. The fourth-order valence-corrected chi connectivity index (χ4v) is 4.00. The number of nitrogens with one attached hydrogen (secondary N) is 1. The third-order valence-corrected chi connectivity index (χ3v) is 5.63. The summed E-state index contributed by atoms with van der Waals surface area (Å²) >= 11 is 0. The zero-order valence-corrected chi connectivity index (χ0v) is 17.6. The van der Waals surface area contributed by atoms with Gasteiger partial charge in [0.05, 0.1) is 12.8 Å². The van der Waals surface area contributed by atoms with Crippen LogP contribution in [0.2, 0.25) is 0 Å². The summed E-state index contributed by atoms with van der Waals surface area (Å²) in [4.78, 5) is 4.97. The first-order valence-corrected chi connectivity index (χ1v) is 10.2. The number of rotatable bonds is 8. The van der Waals surface area contributed by atoms with Gasteiger partial charge in [0.1, 0.15) is 5.75 Å². The molecule has 0 amide bonds. The molecule has 0 radical (unpaired) electrons. The molecule has 0 unspecified atom stereocenters. The number of aliphatic hydroxyl groups is 1. The Hall–Kier alpha value is -1.89. The number of piperazine rings is 1. The Morgan fingerprint density at radius 2 is 2.07 bits per heavy atom. The van der Waals surface area contributed by atoms with Crippen LogP contribution in [0.25, 0.3) is 0 Å². The van der Waals surface area contributed by atoms with Crippen LogP contribution in [0.3, 0.4) is 0 Å². The number of ether oxygens (including phenoxy) is 1. The lowest BCUT2D eigenvalue weighted by Gasteiger charge is -2.41. The summed E-state index contributed by atoms with van der Waals surface area (Å²) in [5, 5.41) is 17.2. The highest BCUT2D eigenvalue weighted by atomic mass is 16.5. The van der Waals surface area contributed by atoms with Gasteiger partial charge in [0.25, 0.3) is 0 Å². The zero-order chi connectivity index (χ0) is 20.1. The van der Waals surface area contributed by atoms with Gasteiger partial charge in [-0.05, 0) is 42.5 Å². The van der Waals surface area contributed by atoms with Gasteiger partial charge in [0.2, 0.25) is 0 Å². The number of aliphatic hydroxyl groups excluding tert-OH is 1. The van der Waals surface area contributed by atoms with Crippen LogP contribution in [0.4, 0.5) is 0 Å². The van der Waals surface area contributed by atoms with E-state index < -0.39 is 0 Å². The molecule has 1 aliphatic rings. The van der Waals surface area contributed by atoms with Gasteiger partial charge in [-0.1, -0.05) is 26.0 Å². The van der Waals surface area contributed by atoms with E-state index >= 15 is 0 Å². The molecule has 3 rings (SSSR count). The minimum absolute atomic E-state index is 0.220. The molecule has 0 spiro atoms. The van der Waals surface area contributed by atoms with Gasteiger partial charge in [-0.15, -0.1) is 0 Å². The lowest BCUT2D eigenvalue weighted by atomic mass is 10.0. The van der Waals surface area contributed by atoms with Crippen LogP contribution in [0.15, 0.2) is 24.3 Å². The fraction of sp³-hybridized carbons (Fsp3) is 0.591. The van der Waals surface area contributed by atoms with Crippen molar-refractivity contribution in [1.82, 2.24) is 20.0 Å². The minimum Gasteiger partial charge on any atom is -0.496 e. The first-order chi connectivity index (χ1) is 13.5. The second-order valence-electron chi connectivity index (χ2n) is 8.15. The standard InChI is InChI=1S/C22H34N4O2/c1-16(2)21-12-19(23-24-21)14-25-8-9-26(20(15-25)7-10-27)13-18-5-6-22(28-4)17(3)11-18/h5-6,11-12,16,20,27H,7-10,13-15H2,1-4H3,(H,23,24)/t20-/m1/s1. The number of nitrogens with zero attached hydrogens (tertiary/aromatic N) is 3. The van der Waals surface area contributed by atoms with E-state index in [4.69, 9.17) is 4.74 Å². The molecule has 0 bridgehead atoms. The second kappa shape index (κ2) is 9.54. The Morgan fingerprint density at radius 1 is 1.25 bits per heavy atom. The van der Waals surface area contributed by atoms with Crippen molar-refractivity contribution < 1.29 is 9.84 Å². The van der Waals surface area contributed by atoms with E-state index in [0.717, 1.165) is 56.2 Å². The molecule has 1 saturated heterocycles. The molecule has 28 heavy (non-hydrogen) atoms. The molecule has 1 aliphatic heterocycles. The molecule has 0 aliphatic carbocycles. The van der Waals surface area contributed by atoms with Crippen LogP contribution in [-0.2, 0) is 13.1 Å². The molecule has 1 atom stereocenters. The van der Waals surface area contributed by atoms with Crippen LogP contribution in [0.1, 0.15) is 48.7 Å². The van der Waals surface area contributed by atoms with E-state index in [-0.39, 0.29) is 6.61 Å². The van der Waals surface area contributed by atoms with Gasteiger partial charge in [0, 0.05) is 51.1 Å². The Bertz CT molecular complexity index is 759. The zero-order valence-electron chi connectivity index (χ0n) is 17.6. The molecule has 2 N–H and O–H groups in total. The highest BCUT2D eigenvalue weighted by molar-refractivity contribution is 5.36. The van der Waals surface area contributed by atoms with Gasteiger partial charge in [-0.25, -0.2) is 0 Å². The Labute approximate surface area is 168 Å². The number of H-pyrrole nitrogens is 1. The van der Waals surface area contributed by atoms with E-state index in [9.17, 15) is 5.11 Å². The first-order valence-electron chi connectivity index (χ1n) is 10.2. The summed E-state index contributed by atoms with van der Waals surface area (Å²) < 4.78 is 5.38. The third-order valence-electron chi connectivity index (χ3n) is 5.63. The van der Waals surface area contributed by atoms with Crippen molar-refractivity contribution in [1.29, 1.82) is 0 Å². The van der Waals surface area contributed by atoms with Crippen LogP contribution in [0.5, 0.6) is 5.75 Å². The highest BCUT2D eigenvalue weighted by Crippen LogP contribution is 2.23. The largest absolute Gasteiger partial charge is 0.496 e. The number of aromatic nitrogens is 2. The van der Waals surface area contributed by atoms with Crippen molar-refractivity contribution in [2.45, 2.75) is 52.2 Å². The van der Waals surface area contributed by atoms with E-state index in [0.29, 0.717) is 12.0 Å². The van der Waals surface area contributed by atoms with Gasteiger partial charge in [-0.2, -0.15) is 5.10 Å². The SMILES string of the molecule is COc1ccc(CN2CCN(Cc3cc(C(C)C)n[nH]3)C[C@H]2CCO)cc1C. The van der Waals surface area contributed by atoms with Crippen molar-refractivity contribution >= 4 is 0 Å². The quantitative estimate of drug-likeness (QED) is 0.730. The van der Waals surface area contributed by atoms with Crippen molar-refractivity contribution in [3.63, 3.8) is 0 Å². The lowest BCUT2D eigenvalue weighted by Crippen LogP contribution is -2.52. The smallest absolute Gasteiger partial charge is 0.121 e. The number of hydrogen-bond acceptors (Lipinski definition) is 5. The fourth-order valence-electron chi connectivity index (χ4n) is 4.00. The summed E-state index contributed by atoms with van der Waals surface area (Å²) in [6.07, 6.45) is 0.797. The Balaban J connectivity index is 1.62. The monoisotopic (exact) mass is 386 g/mol. The highest BCUT2D eigenvalue weighted by Gasteiger charge is 2.27. The molecule has 2 aromatic rings. The average Bonchev–Trinajstić information content (AvgIpc) is 3.13. The molecule has 154 valence electrons. The predicted octanol–water partition coefficient (Wildman–Crippen LogP) is 2.92. The number of methoxy groups -OCH3 is 1. The van der Waals surface area contributed by atoms with Crippen LogP contribution in [0, 0.1) is 6.92 Å².